The van der Waals surface area contributed by atoms with Crippen molar-refractivity contribution in [3.8, 4) is 11.5 Å². The van der Waals surface area contributed by atoms with Crippen molar-refractivity contribution in [1.82, 2.24) is 4.31 Å². The van der Waals surface area contributed by atoms with E-state index >= 15 is 0 Å². The van der Waals surface area contributed by atoms with Gasteiger partial charge in [-0.3, -0.25) is 4.79 Å². The average Bonchev–Trinajstić information content (AvgIpc) is 2.87. The first-order valence-electron chi connectivity index (χ1n) is 12.4. The molecule has 0 aromatic heterocycles. The highest BCUT2D eigenvalue weighted by Crippen LogP contribution is 2.44. The smallest absolute Gasteiger partial charge is 0.308 e. The maximum atomic E-state index is 13.8. The van der Waals surface area contributed by atoms with Gasteiger partial charge >= 0.3 is 5.97 Å². The molecule has 7 nitrogen and oxygen atoms in total. The quantitative estimate of drug-likeness (QED) is 0.357. The molecule has 0 unspecified atom stereocenters. The van der Waals surface area contributed by atoms with Crippen LogP contribution in [0.2, 0.25) is 0 Å². The predicted octanol–water partition coefficient (Wildman–Crippen LogP) is 5.53. The molecule has 1 aliphatic rings. The number of piperidine rings is 1. The molecule has 1 N–H and O–H groups in total. The first kappa shape index (κ1) is 28.3. The van der Waals surface area contributed by atoms with E-state index in [1.165, 1.54) is 4.31 Å². The Hall–Kier alpha value is -2.23. The molecule has 3 atom stereocenters. The first-order chi connectivity index (χ1) is 17.2. The summed E-state index contributed by atoms with van der Waals surface area (Å²) in [5.41, 5.74) is 1.70. The fourth-order valence-corrected chi connectivity index (χ4v) is 7.68. The van der Waals surface area contributed by atoms with Crippen LogP contribution >= 0.6 is 11.8 Å². The molecular formula is C27H37NO6S2. The molecule has 0 aliphatic carbocycles. The number of thioether (sulfide) groups is 1. The van der Waals surface area contributed by atoms with Crippen LogP contribution in [0.3, 0.4) is 0 Å². The second-order valence-electron chi connectivity index (χ2n) is 9.17. The Balaban J connectivity index is 2.00. The van der Waals surface area contributed by atoms with Crippen molar-refractivity contribution < 1.29 is 27.8 Å². The van der Waals surface area contributed by atoms with Crippen molar-refractivity contribution >= 4 is 27.8 Å². The summed E-state index contributed by atoms with van der Waals surface area (Å²) in [6, 6.07) is 11.6. The number of ether oxygens (including phenoxy) is 2. The third-order valence-electron chi connectivity index (χ3n) is 6.70. The molecule has 3 rings (SSSR count). The number of methoxy groups -OCH3 is 2. The van der Waals surface area contributed by atoms with Crippen LogP contribution < -0.4 is 9.47 Å². The van der Waals surface area contributed by atoms with Gasteiger partial charge < -0.3 is 14.6 Å². The third kappa shape index (κ3) is 6.55. The van der Waals surface area contributed by atoms with Gasteiger partial charge in [-0.1, -0.05) is 49.9 Å². The number of rotatable bonds is 12. The summed E-state index contributed by atoms with van der Waals surface area (Å²) in [5.74, 6) is 0.161. The summed E-state index contributed by atoms with van der Waals surface area (Å²) in [7, 11) is -0.854. The van der Waals surface area contributed by atoms with Gasteiger partial charge in [-0.2, -0.15) is 16.1 Å². The summed E-state index contributed by atoms with van der Waals surface area (Å²) < 4.78 is 39.9. The molecule has 36 heavy (non-hydrogen) atoms. The Morgan fingerprint density at radius 3 is 2.36 bits per heavy atom. The Morgan fingerprint density at radius 2 is 1.75 bits per heavy atom. The molecule has 1 fully saturated rings. The number of carboxylic acid groups (broad SMARTS) is 1. The third-order valence-corrected chi connectivity index (χ3v) is 10.1. The second kappa shape index (κ2) is 12.8. The highest BCUT2D eigenvalue weighted by Gasteiger charge is 2.45. The zero-order chi connectivity index (χ0) is 26.3. The number of carboxylic acids is 1. The Morgan fingerprint density at radius 1 is 1.06 bits per heavy atom. The normalized spacial score (nSPS) is 20.7. The van der Waals surface area contributed by atoms with E-state index in [0.717, 1.165) is 42.6 Å². The Kier molecular flexibility index (Phi) is 10.1. The minimum Gasteiger partial charge on any atom is -0.493 e. The van der Waals surface area contributed by atoms with Crippen LogP contribution in [0.5, 0.6) is 11.5 Å². The lowest BCUT2D eigenvalue weighted by Crippen LogP contribution is -2.49. The van der Waals surface area contributed by atoms with E-state index in [1.807, 2.05) is 13.0 Å². The van der Waals surface area contributed by atoms with Crippen molar-refractivity contribution in [2.75, 3.05) is 26.5 Å². The van der Waals surface area contributed by atoms with Crippen LogP contribution in [0.4, 0.5) is 0 Å². The molecule has 2 aromatic rings. The number of benzene rings is 2. The standard InChI is InChI=1S/C27H37NO6S2/c1-5-6-7-8-15-35-26-17-23(20-11-14-24(33-3)25(16-20)34-4)28(18-22(26)27(29)30)36(31,32)21-12-9-19(2)10-13-21/h9-14,16,22-23,26H,5-8,15,17-18H2,1-4H3,(H,29,30)/t22-,23+,26-/m1/s1. The summed E-state index contributed by atoms with van der Waals surface area (Å²) in [6.07, 6.45) is 4.83. The van der Waals surface area contributed by atoms with Crippen LogP contribution in [-0.4, -0.2) is 55.6 Å². The van der Waals surface area contributed by atoms with Gasteiger partial charge in [0.05, 0.1) is 31.1 Å². The zero-order valence-corrected chi connectivity index (χ0v) is 23.1. The van der Waals surface area contributed by atoms with Gasteiger partial charge in [0.15, 0.2) is 11.5 Å². The molecule has 0 radical (unpaired) electrons. The number of unbranched alkanes of at least 4 members (excludes halogenated alkanes) is 3. The van der Waals surface area contributed by atoms with E-state index in [4.69, 9.17) is 9.47 Å². The number of carbonyl (C=O) groups is 1. The Bertz CT molecular complexity index is 1120. The molecule has 9 heteroatoms. The van der Waals surface area contributed by atoms with Gasteiger partial charge in [-0.25, -0.2) is 8.42 Å². The molecule has 198 valence electrons. The van der Waals surface area contributed by atoms with Gasteiger partial charge in [-0.15, -0.1) is 0 Å². The van der Waals surface area contributed by atoms with Crippen LogP contribution in [0.1, 0.15) is 56.2 Å². The predicted molar refractivity (Wildman–Crippen MR) is 143 cm³/mol. The molecule has 0 saturated carbocycles. The first-order valence-corrected chi connectivity index (χ1v) is 14.9. The lowest BCUT2D eigenvalue weighted by atomic mass is 9.90. The topological polar surface area (TPSA) is 93.1 Å². The zero-order valence-electron chi connectivity index (χ0n) is 21.5. The lowest BCUT2D eigenvalue weighted by Gasteiger charge is -2.42. The van der Waals surface area contributed by atoms with Crippen LogP contribution in [0.25, 0.3) is 0 Å². The number of nitrogens with zero attached hydrogens (tertiary/aromatic N) is 1. The van der Waals surface area contributed by atoms with E-state index in [9.17, 15) is 18.3 Å². The van der Waals surface area contributed by atoms with Gasteiger partial charge in [0.1, 0.15) is 0 Å². The number of aryl methyl sites for hydroxylation is 1. The van der Waals surface area contributed by atoms with E-state index < -0.39 is 28.0 Å². The highest BCUT2D eigenvalue weighted by molar-refractivity contribution is 7.99. The van der Waals surface area contributed by atoms with Crippen molar-refractivity contribution in [2.24, 2.45) is 5.92 Å². The average molecular weight is 536 g/mol. The second-order valence-corrected chi connectivity index (χ2v) is 12.4. The van der Waals surface area contributed by atoms with E-state index in [2.05, 4.69) is 6.92 Å². The molecule has 1 aliphatic heterocycles. The van der Waals surface area contributed by atoms with Gasteiger partial charge in [0, 0.05) is 11.8 Å². The van der Waals surface area contributed by atoms with Crippen LogP contribution in [-0.2, 0) is 14.8 Å². The van der Waals surface area contributed by atoms with E-state index in [1.54, 1.807) is 62.4 Å². The molecular weight excluding hydrogens is 498 g/mol. The molecule has 0 amide bonds. The molecule has 0 bridgehead atoms. The summed E-state index contributed by atoms with van der Waals surface area (Å²) in [4.78, 5) is 12.5. The largest absolute Gasteiger partial charge is 0.493 e. The molecule has 1 saturated heterocycles. The summed E-state index contributed by atoms with van der Waals surface area (Å²) in [5, 5.41) is 9.87. The minimum absolute atomic E-state index is 0.0861. The summed E-state index contributed by atoms with van der Waals surface area (Å²) >= 11 is 1.65. The fraction of sp³-hybridized carbons (Fsp3) is 0.519. The van der Waals surface area contributed by atoms with Gasteiger partial charge in [0.25, 0.3) is 0 Å². The number of hydrogen-bond donors (Lipinski definition) is 1. The SMILES string of the molecule is CCCCCCS[C@@H]1C[C@@H](c2ccc(OC)c(OC)c2)N(S(=O)(=O)c2ccc(C)cc2)C[C@H]1C(=O)O. The molecule has 2 aromatic carbocycles. The van der Waals surface area contributed by atoms with Crippen molar-refractivity contribution in [3.63, 3.8) is 0 Å². The van der Waals surface area contributed by atoms with Crippen molar-refractivity contribution in [3.05, 3.63) is 53.6 Å². The lowest BCUT2D eigenvalue weighted by molar-refractivity contribution is -0.143. The number of aliphatic carboxylic acids is 1. The van der Waals surface area contributed by atoms with Crippen molar-refractivity contribution in [2.45, 2.75) is 62.1 Å². The summed E-state index contributed by atoms with van der Waals surface area (Å²) in [6.45, 7) is 3.97. The van der Waals surface area contributed by atoms with Crippen LogP contribution in [0, 0.1) is 12.8 Å². The van der Waals surface area contributed by atoms with Gasteiger partial charge in [0.2, 0.25) is 10.0 Å². The number of hydrogen-bond acceptors (Lipinski definition) is 6. The maximum absolute atomic E-state index is 13.8. The highest BCUT2D eigenvalue weighted by atomic mass is 32.2. The minimum atomic E-state index is -3.95. The Labute approximate surface area is 219 Å². The van der Waals surface area contributed by atoms with E-state index in [0.29, 0.717) is 17.9 Å². The van der Waals surface area contributed by atoms with Crippen molar-refractivity contribution in [1.29, 1.82) is 0 Å². The number of sulfonamides is 1. The maximum Gasteiger partial charge on any atom is 0.308 e. The van der Waals surface area contributed by atoms with Gasteiger partial charge in [-0.05, 0) is 55.3 Å². The van der Waals surface area contributed by atoms with Crippen LogP contribution in [0.15, 0.2) is 47.4 Å². The monoisotopic (exact) mass is 535 g/mol. The van der Waals surface area contributed by atoms with E-state index in [-0.39, 0.29) is 16.7 Å². The molecule has 0 spiro atoms. The molecule has 1 heterocycles. The fourth-order valence-electron chi connectivity index (χ4n) is 4.60.